The summed E-state index contributed by atoms with van der Waals surface area (Å²) in [5, 5.41) is 21.5. The van der Waals surface area contributed by atoms with Gasteiger partial charge in [0.25, 0.3) is 5.91 Å². The minimum atomic E-state index is -0.237. The zero-order valence-electron chi connectivity index (χ0n) is 15.8. The van der Waals surface area contributed by atoms with Crippen LogP contribution in [0.2, 0.25) is 5.02 Å². The summed E-state index contributed by atoms with van der Waals surface area (Å²) in [6.07, 6.45) is 3.26. The van der Waals surface area contributed by atoms with Gasteiger partial charge in [0.15, 0.2) is 6.19 Å². The van der Waals surface area contributed by atoms with Crippen LogP contribution in [0.25, 0.3) is 11.1 Å². The first kappa shape index (κ1) is 19.7. The topological polar surface area (TPSA) is 79.9 Å². The molecule has 6 heteroatoms. The quantitative estimate of drug-likeness (QED) is 0.793. The van der Waals surface area contributed by atoms with Crippen molar-refractivity contribution in [2.24, 2.45) is 0 Å². The van der Waals surface area contributed by atoms with Crippen molar-refractivity contribution in [3.63, 3.8) is 0 Å². The van der Waals surface area contributed by atoms with Gasteiger partial charge in [0, 0.05) is 6.04 Å². The molecule has 1 fully saturated rings. The van der Waals surface area contributed by atoms with Crippen molar-refractivity contribution in [2.45, 2.75) is 44.8 Å². The standard InChI is InChI=1S/C22H21ClN4O/c1-14-10-21(15(2)27(14)13-25)26-22(28)19-7-6-18(12-20(19)23)17-5-3-4-16(11-17)8-9-24/h3-7,11-12,14-15,21H,8,10H2,1-2H3,(H,26,28)/t14-,15+,21+/m0/s1. The number of likely N-dealkylation sites (tertiary alicyclic amines) is 1. The summed E-state index contributed by atoms with van der Waals surface area (Å²) in [5.41, 5.74) is 3.18. The Morgan fingerprint density at radius 3 is 2.61 bits per heavy atom. The van der Waals surface area contributed by atoms with E-state index in [0.717, 1.165) is 23.1 Å². The van der Waals surface area contributed by atoms with E-state index in [1.807, 2.05) is 44.2 Å². The van der Waals surface area contributed by atoms with Crippen LogP contribution in [-0.2, 0) is 6.42 Å². The van der Waals surface area contributed by atoms with E-state index < -0.39 is 0 Å². The van der Waals surface area contributed by atoms with Gasteiger partial charge in [0.1, 0.15) is 0 Å². The number of hydrogen-bond donors (Lipinski definition) is 1. The Morgan fingerprint density at radius 2 is 1.96 bits per heavy atom. The molecule has 0 radical (unpaired) electrons. The van der Waals surface area contributed by atoms with Crippen LogP contribution in [0.5, 0.6) is 0 Å². The fraction of sp³-hybridized carbons (Fsp3) is 0.318. The molecule has 3 rings (SSSR count). The molecule has 1 saturated heterocycles. The van der Waals surface area contributed by atoms with Crippen LogP contribution >= 0.6 is 11.6 Å². The Labute approximate surface area is 170 Å². The number of halogens is 1. The molecule has 28 heavy (non-hydrogen) atoms. The second-order valence-corrected chi connectivity index (χ2v) is 7.55. The maximum Gasteiger partial charge on any atom is 0.253 e. The number of nitrogens with zero attached hydrogens (tertiary/aromatic N) is 3. The highest BCUT2D eigenvalue weighted by Gasteiger charge is 2.36. The molecule has 3 atom stereocenters. The molecule has 0 spiro atoms. The third-order valence-corrected chi connectivity index (χ3v) is 5.59. The van der Waals surface area contributed by atoms with Crippen LogP contribution < -0.4 is 5.32 Å². The average Bonchev–Trinajstić information content (AvgIpc) is 2.94. The number of rotatable bonds is 4. The fourth-order valence-electron chi connectivity index (χ4n) is 3.72. The van der Waals surface area contributed by atoms with Gasteiger partial charge in [-0.15, -0.1) is 0 Å². The minimum Gasteiger partial charge on any atom is -0.347 e. The van der Waals surface area contributed by atoms with Crippen LogP contribution in [0.1, 0.15) is 36.2 Å². The summed E-state index contributed by atoms with van der Waals surface area (Å²) in [6.45, 7) is 3.92. The van der Waals surface area contributed by atoms with Crippen molar-refractivity contribution in [1.82, 2.24) is 10.2 Å². The SMILES string of the molecule is C[C@@H]1[C@H](NC(=O)c2ccc(-c3cccc(CC#N)c3)cc2Cl)C[C@H](C)N1C#N. The maximum atomic E-state index is 12.7. The first-order valence-electron chi connectivity index (χ1n) is 9.19. The molecule has 1 aliphatic rings. The molecule has 0 aromatic heterocycles. The summed E-state index contributed by atoms with van der Waals surface area (Å²) >= 11 is 6.41. The van der Waals surface area contributed by atoms with Crippen LogP contribution in [-0.4, -0.2) is 28.9 Å². The smallest absolute Gasteiger partial charge is 0.253 e. The number of hydrogen-bond acceptors (Lipinski definition) is 4. The van der Waals surface area contributed by atoms with Crippen molar-refractivity contribution in [1.29, 1.82) is 10.5 Å². The van der Waals surface area contributed by atoms with Gasteiger partial charge in [-0.25, -0.2) is 0 Å². The molecule has 1 heterocycles. The van der Waals surface area contributed by atoms with Crippen LogP contribution in [0.3, 0.4) is 0 Å². The van der Waals surface area contributed by atoms with Crippen LogP contribution in [0.4, 0.5) is 0 Å². The van der Waals surface area contributed by atoms with E-state index in [-0.39, 0.29) is 24.0 Å². The lowest BCUT2D eigenvalue weighted by molar-refractivity contribution is 0.0931. The summed E-state index contributed by atoms with van der Waals surface area (Å²) in [6, 6.07) is 15.1. The highest BCUT2D eigenvalue weighted by atomic mass is 35.5. The molecule has 1 aliphatic heterocycles. The first-order valence-corrected chi connectivity index (χ1v) is 9.57. The lowest BCUT2D eigenvalue weighted by Gasteiger charge is -2.22. The van der Waals surface area contributed by atoms with Crippen molar-refractivity contribution < 1.29 is 4.79 Å². The van der Waals surface area contributed by atoms with Gasteiger partial charge in [-0.2, -0.15) is 10.5 Å². The third kappa shape index (κ3) is 3.96. The van der Waals surface area contributed by atoms with Crippen molar-refractivity contribution in [2.75, 3.05) is 0 Å². The molecular weight excluding hydrogens is 372 g/mol. The Balaban J connectivity index is 1.78. The minimum absolute atomic E-state index is 0.0510. The second kappa shape index (κ2) is 8.33. The number of amides is 1. The molecule has 2 aromatic carbocycles. The number of nitrogens with one attached hydrogen (secondary N) is 1. The molecule has 0 bridgehead atoms. The van der Waals surface area contributed by atoms with E-state index in [1.165, 1.54) is 0 Å². The Hall–Kier alpha value is -3.02. The van der Waals surface area contributed by atoms with Crippen LogP contribution in [0, 0.1) is 22.8 Å². The molecule has 142 valence electrons. The number of nitriles is 2. The van der Waals surface area contributed by atoms with Gasteiger partial charge < -0.3 is 10.2 Å². The molecule has 1 N–H and O–H groups in total. The summed E-state index contributed by atoms with van der Waals surface area (Å²) in [7, 11) is 0. The molecule has 0 saturated carbocycles. The van der Waals surface area contributed by atoms with Gasteiger partial charge >= 0.3 is 0 Å². The Kier molecular flexibility index (Phi) is 5.87. The van der Waals surface area contributed by atoms with Crippen LogP contribution in [0.15, 0.2) is 42.5 Å². The van der Waals surface area contributed by atoms with Gasteiger partial charge in [-0.05, 0) is 49.1 Å². The lowest BCUT2D eigenvalue weighted by Crippen LogP contribution is -2.42. The van der Waals surface area contributed by atoms with Crippen molar-refractivity contribution in [3.8, 4) is 23.4 Å². The predicted molar refractivity (Wildman–Crippen MR) is 108 cm³/mol. The van der Waals surface area contributed by atoms with E-state index in [9.17, 15) is 10.1 Å². The van der Waals surface area contributed by atoms with Gasteiger partial charge in [-0.1, -0.05) is 41.9 Å². The van der Waals surface area contributed by atoms with E-state index in [0.29, 0.717) is 17.0 Å². The van der Waals surface area contributed by atoms with E-state index >= 15 is 0 Å². The molecule has 1 amide bonds. The maximum absolute atomic E-state index is 12.7. The van der Waals surface area contributed by atoms with Gasteiger partial charge in [0.05, 0.1) is 35.2 Å². The van der Waals surface area contributed by atoms with Crippen molar-refractivity contribution in [3.05, 3.63) is 58.6 Å². The highest BCUT2D eigenvalue weighted by Crippen LogP contribution is 2.28. The number of carbonyl (C=O) groups excluding carboxylic acids is 1. The average molecular weight is 393 g/mol. The molecular formula is C22H21ClN4O. The summed E-state index contributed by atoms with van der Waals surface area (Å²) in [5.74, 6) is -0.237. The lowest BCUT2D eigenvalue weighted by atomic mass is 10.0. The largest absolute Gasteiger partial charge is 0.347 e. The molecule has 2 aromatic rings. The normalized spacial score (nSPS) is 21.0. The molecule has 0 unspecified atom stereocenters. The molecule has 5 nitrogen and oxygen atoms in total. The molecule has 0 aliphatic carbocycles. The van der Waals surface area contributed by atoms with E-state index in [4.69, 9.17) is 16.9 Å². The number of carbonyl (C=O) groups is 1. The zero-order chi connectivity index (χ0) is 20.3. The summed E-state index contributed by atoms with van der Waals surface area (Å²) < 4.78 is 0. The van der Waals surface area contributed by atoms with Gasteiger partial charge in [0.2, 0.25) is 0 Å². The van der Waals surface area contributed by atoms with Gasteiger partial charge in [-0.3, -0.25) is 4.79 Å². The fourth-order valence-corrected chi connectivity index (χ4v) is 3.99. The third-order valence-electron chi connectivity index (χ3n) is 5.28. The summed E-state index contributed by atoms with van der Waals surface area (Å²) in [4.78, 5) is 14.4. The second-order valence-electron chi connectivity index (χ2n) is 7.14. The Morgan fingerprint density at radius 1 is 1.21 bits per heavy atom. The predicted octanol–water partition coefficient (Wildman–Crippen LogP) is 4.14. The zero-order valence-corrected chi connectivity index (χ0v) is 16.6. The van der Waals surface area contributed by atoms with Crippen molar-refractivity contribution >= 4 is 17.5 Å². The number of benzene rings is 2. The first-order chi connectivity index (χ1) is 13.4. The Bertz CT molecular complexity index is 975. The highest BCUT2D eigenvalue weighted by molar-refractivity contribution is 6.34. The monoisotopic (exact) mass is 392 g/mol. The van der Waals surface area contributed by atoms with E-state index in [1.54, 1.807) is 17.0 Å². The van der Waals surface area contributed by atoms with E-state index in [2.05, 4.69) is 17.6 Å².